The highest BCUT2D eigenvalue weighted by molar-refractivity contribution is 6.35. The molecule has 1 amide bonds. The lowest BCUT2D eigenvalue weighted by Gasteiger charge is -2.35. The number of fused-ring (bicyclic) bond motifs is 1. The summed E-state index contributed by atoms with van der Waals surface area (Å²) in [6.45, 7) is 3.35. The molecule has 1 saturated heterocycles. The Labute approximate surface area is 134 Å². The fraction of sp³-hybridized carbons (Fsp3) is 0.533. The van der Waals surface area contributed by atoms with Gasteiger partial charge in [-0.1, -0.05) is 23.2 Å². The second kappa shape index (κ2) is 6.13. The van der Waals surface area contributed by atoms with Crippen molar-refractivity contribution in [1.29, 1.82) is 0 Å². The van der Waals surface area contributed by atoms with Gasteiger partial charge in [0, 0.05) is 36.2 Å². The van der Waals surface area contributed by atoms with Gasteiger partial charge in [-0.25, -0.2) is 0 Å². The summed E-state index contributed by atoms with van der Waals surface area (Å²) >= 11 is 12.3. The minimum absolute atomic E-state index is 0.0539. The van der Waals surface area contributed by atoms with Crippen LogP contribution in [0.15, 0.2) is 12.1 Å². The summed E-state index contributed by atoms with van der Waals surface area (Å²) in [6.07, 6.45) is 0.417. The van der Waals surface area contributed by atoms with Gasteiger partial charge >= 0.3 is 0 Å². The highest BCUT2D eigenvalue weighted by Gasteiger charge is 2.31. The maximum Gasteiger partial charge on any atom is 0.253 e. The van der Waals surface area contributed by atoms with Gasteiger partial charge in [0.15, 0.2) is 0 Å². The van der Waals surface area contributed by atoms with E-state index in [1.165, 1.54) is 0 Å². The van der Waals surface area contributed by atoms with Crippen LogP contribution in [0.2, 0.25) is 10.0 Å². The Hall–Kier alpha value is -0.810. The van der Waals surface area contributed by atoms with E-state index in [1.54, 1.807) is 6.07 Å². The van der Waals surface area contributed by atoms with Crippen LogP contribution in [0, 0.1) is 0 Å². The number of nitrogens with zero attached hydrogens (tertiary/aromatic N) is 2. The molecule has 21 heavy (non-hydrogen) atoms. The Morgan fingerprint density at radius 3 is 2.90 bits per heavy atom. The van der Waals surface area contributed by atoms with Crippen molar-refractivity contribution in [3.05, 3.63) is 33.3 Å². The molecule has 2 aliphatic rings. The number of likely N-dealkylation sites (N-methyl/N-ethyl adjacent to an activating group) is 1. The van der Waals surface area contributed by atoms with E-state index < -0.39 is 0 Å². The van der Waals surface area contributed by atoms with Gasteiger partial charge in [0.2, 0.25) is 0 Å². The summed E-state index contributed by atoms with van der Waals surface area (Å²) in [5.74, 6) is 0.0539. The summed E-state index contributed by atoms with van der Waals surface area (Å²) < 4.78 is 5.61. The maximum atomic E-state index is 12.6. The number of ether oxygens (including phenoxy) is 1. The van der Waals surface area contributed by atoms with E-state index in [0.717, 1.165) is 24.1 Å². The molecule has 114 valence electrons. The second-order valence-electron chi connectivity index (χ2n) is 5.66. The molecule has 0 aliphatic carbocycles. The molecule has 6 heteroatoms. The molecule has 0 saturated carbocycles. The molecule has 0 bridgehead atoms. The number of benzene rings is 1. The third-order valence-electron chi connectivity index (χ3n) is 4.11. The Balaban J connectivity index is 1.75. The van der Waals surface area contributed by atoms with Gasteiger partial charge in [-0.2, -0.15) is 0 Å². The van der Waals surface area contributed by atoms with E-state index in [-0.39, 0.29) is 12.0 Å². The third kappa shape index (κ3) is 3.19. The predicted molar refractivity (Wildman–Crippen MR) is 82.8 cm³/mol. The zero-order valence-corrected chi connectivity index (χ0v) is 13.5. The standard InChI is InChI=1S/C15H18Cl2N2O2/c1-18-4-5-21-14(9-18)15(20)19-3-2-10-6-11(16)7-13(17)12(10)8-19/h6-7,14H,2-5,8-9H2,1H3/t14-/m1/s1. The van der Waals surface area contributed by atoms with E-state index in [1.807, 2.05) is 18.0 Å². The van der Waals surface area contributed by atoms with E-state index in [9.17, 15) is 4.79 Å². The zero-order chi connectivity index (χ0) is 15.0. The van der Waals surface area contributed by atoms with Gasteiger partial charge in [0.1, 0.15) is 6.10 Å². The molecule has 1 aromatic carbocycles. The lowest BCUT2D eigenvalue weighted by molar-refractivity contribution is -0.149. The molecule has 0 aromatic heterocycles. The molecular formula is C15H18Cl2N2O2. The molecular weight excluding hydrogens is 311 g/mol. The predicted octanol–water partition coefficient (Wildman–Crippen LogP) is 2.21. The first kappa shape index (κ1) is 15.1. The van der Waals surface area contributed by atoms with Crippen molar-refractivity contribution in [3.8, 4) is 0 Å². The number of halogens is 2. The largest absolute Gasteiger partial charge is 0.366 e. The lowest BCUT2D eigenvalue weighted by Crippen LogP contribution is -2.50. The molecule has 0 spiro atoms. The first-order valence-corrected chi connectivity index (χ1v) is 7.86. The minimum Gasteiger partial charge on any atom is -0.366 e. The van der Waals surface area contributed by atoms with Crippen LogP contribution in [0.1, 0.15) is 11.1 Å². The molecule has 1 atom stereocenters. The van der Waals surface area contributed by atoms with Crippen molar-refractivity contribution >= 4 is 29.1 Å². The summed E-state index contributed by atoms with van der Waals surface area (Å²) in [5.41, 5.74) is 2.14. The Morgan fingerprint density at radius 1 is 1.33 bits per heavy atom. The quantitative estimate of drug-likeness (QED) is 0.792. The number of morpholine rings is 1. The van der Waals surface area contributed by atoms with Gasteiger partial charge < -0.3 is 14.5 Å². The number of carbonyl (C=O) groups excluding carboxylic acids is 1. The van der Waals surface area contributed by atoms with Crippen LogP contribution in [-0.2, 0) is 22.5 Å². The van der Waals surface area contributed by atoms with E-state index in [4.69, 9.17) is 27.9 Å². The normalized spacial score (nSPS) is 23.0. The van der Waals surface area contributed by atoms with Crippen molar-refractivity contribution in [2.24, 2.45) is 0 Å². The topological polar surface area (TPSA) is 32.8 Å². The number of hydrogen-bond acceptors (Lipinski definition) is 3. The summed E-state index contributed by atoms with van der Waals surface area (Å²) in [7, 11) is 2.01. The average molecular weight is 329 g/mol. The Bertz CT molecular complexity index is 565. The van der Waals surface area contributed by atoms with Crippen LogP contribution in [0.4, 0.5) is 0 Å². The van der Waals surface area contributed by atoms with Gasteiger partial charge in [-0.3, -0.25) is 4.79 Å². The molecule has 4 nitrogen and oxygen atoms in total. The number of amides is 1. The number of hydrogen-bond donors (Lipinski definition) is 0. The average Bonchev–Trinajstić information content (AvgIpc) is 2.46. The number of rotatable bonds is 1. The first-order chi connectivity index (χ1) is 10.0. The molecule has 0 N–H and O–H groups in total. The monoisotopic (exact) mass is 328 g/mol. The molecule has 0 radical (unpaired) electrons. The van der Waals surface area contributed by atoms with Gasteiger partial charge in [0.25, 0.3) is 5.91 Å². The second-order valence-corrected chi connectivity index (χ2v) is 6.50. The van der Waals surface area contributed by atoms with E-state index >= 15 is 0 Å². The van der Waals surface area contributed by atoms with Gasteiger partial charge in [-0.15, -0.1) is 0 Å². The van der Waals surface area contributed by atoms with E-state index in [2.05, 4.69) is 4.90 Å². The van der Waals surface area contributed by atoms with Gasteiger partial charge in [-0.05, 0) is 36.7 Å². The lowest BCUT2D eigenvalue weighted by atomic mass is 9.99. The van der Waals surface area contributed by atoms with Crippen LogP contribution in [0.5, 0.6) is 0 Å². The molecule has 2 aliphatic heterocycles. The molecule has 1 aromatic rings. The van der Waals surface area contributed by atoms with Crippen LogP contribution in [0.3, 0.4) is 0 Å². The van der Waals surface area contributed by atoms with Crippen molar-refractivity contribution in [2.75, 3.05) is 33.3 Å². The van der Waals surface area contributed by atoms with Crippen molar-refractivity contribution in [2.45, 2.75) is 19.1 Å². The fourth-order valence-corrected chi connectivity index (χ4v) is 3.50. The van der Waals surface area contributed by atoms with Crippen molar-refractivity contribution in [1.82, 2.24) is 9.80 Å². The molecule has 2 heterocycles. The van der Waals surface area contributed by atoms with Crippen LogP contribution >= 0.6 is 23.2 Å². The summed E-state index contributed by atoms with van der Waals surface area (Å²) in [5, 5.41) is 1.28. The zero-order valence-electron chi connectivity index (χ0n) is 11.9. The van der Waals surface area contributed by atoms with Crippen molar-refractivity contribution in [3.63, 3.8) is 0 Å². The van der Waals surface area contributed by atoms with Crippen LogP contribution < -0.4 is 0 Å². The fourth-order valence-electron chi connectivity index (χ4n) is 2.90. The summed E-state index contributed by atoms with van der Waals surface area (Å²) in [6, 6.07) is 3.68. The third-order valence-corrected chi connectivity index (χ3v) is 4.66. The molecule has 3 rings (SSSR count). The SMILES string of the molecule is CN1CCO[C@@H](C(=O)N2CCc3cc(Cl)cc(Cl)c3C2)C1. The Morgan fingerprint density at radius 2 is 2.14 bits per heavy atom. The first-order valence-electron chi connectivity index (χ1n) is 7.10. The maximum absolute atomic E-state index is 12.6. The highest BCUT2D eigenvalue weighted by Crippen LogP contribution is 2.30. The molecule has 0 unspecified atom stereocenters. The number of carbonyl (C=O) groups is 1. The van der Waals surface area contributed by atoms with Crippen LogP contribution in [-0.4, -0.2) is 55.1 Å². The minimum atomic E-state index is -0.364. The Kier molecular flexibility index (Phi) is 4.41. The molecule has 1 fully saturated rings. The van der Waals surface area contributed by atoms with Crippen molar-refractivity contribution < 1.29 is 9.53 Å². The highest BCUT2D eigenvalue weighted by atomic mass is 35.5. The van der Waals surface area contributed by atoms with Gasteiger partial charge in [0.05, 0.1) is 6.61 Å². The summed E-state index contributed by atoms with van der Waals surface area (Å²) in [4.78, 5) is 16.6. The smallest absolute Gasteiger partial charge is 0.253 e. The van der Waals surface area contributed by atoms with Crippen LogP contribution in [0.25, 0.3) is 0 Å². The van der Waals surface area contributed by atoms with E-state index in [0.29, 0.717) is 36.3 Å².